The van der Waals surface area contributed by atoms with Crippen LogP contribution < -0.4 is 10.5 Å². The van der Waals surface area contributed by atoms with Crippen LogP contribution in [0, 0.1) is 4.77 Å². The van der Waals surface area contributed by atoms with E-state index in [4.69, 9.17) is 22.7 Å². The third kappa shape index (κ3) is 2.65. The minimum absolute atomic E-state index is 0.392. The van der Waals surface area contributed by atoms with Gasteiger partial charge in [0.25, 0.3) is 0 Å². The Morgan fingerprint density at radius 2 is 2.12 bits per heavy atom. The number of nitrogens with one attached hydrogen (secondary N) is 1. The van der Waals surface area contributed by atoms with Gasteiger partial charge in [-0.25, -0.2) is 5.10 Å². The molecule has 0 aliphatic heterocycles. The molecule has 0 atom stereocenters. The quantitative estimate of drug-likeness (QED) is 0.814. The van der Waals surface area contributed by atoms with Gasteiger partial charge in [0.05, 0.1) is 13.2 Å². The lowest BCUT2D eigenvalue weighted by Gasteiger charge is -2.06. The van der Waals surface area contributed by atoms with Crippen LogP contribution in [0.15, 0.2) is 24.3 Å². The summed E-state index contributed by atoms with van der Waals surface area (Å²) in [7, 11) is 0. The predicted octanol–water partition coefficient (Wildman–Crippen LogP) is 1.97. The van der Waals surface area contributed by atoms with E-state index in [0.29, 0.717) is 23.9 Å². The van der Waals surface area contributed by atoms with Crippen molar-refractivity contribution in [2.24, 2.45) is 0 Å². The van der Waals surface area contributed by atoms with Crippen LogP contribution in [0.3, 0.4) is 0 Å². The van der Waals surface area contributed by atoms with Gasteiger partial charge in [0.1, 0.15) is 5.75 Å². The third-order valence-electron chi connectivity index (χ3n) is 2.36. The van der Waals surface area contributed by atoms with E-state index in [1.165, 1.54) is 0 Å². The molecule has 1 aromatic heterocycles. The Kier molecular flexibility index (Phi) is 3.43. The van der Waals surface area contributed by atoms with Crippen LogP contribution in [0.5, 0.6) is 5.75 Å². The zero-order chi connectivity index (χ0) is 12.3. The molecule has 0 bridgehead atoms. The number of nitrogens with zero attached hydrogens (tertiary/aromatic N) is 2. The highest BCUT2D eigenvalue weighted by atomic mass is 32.1. The Labute approximate surface area is 104 Å². The van der Waals surface area contributed by atoms with Crippen molar-refractivity contribution >= 4 is 18.2 Å². The highest BCUT2D eigenvalue weighted by Gasteiger charge is 2.02. The Balaban J connectivity index is 2.17. The lowest BCUT2D eigenvalue weighted by Crippen LogP contribution is -2.04. The normalized spacial score (nSPS) is 10.4. The molecule has 1 heterocycles. The Hall–Kier alpha value is -1.82. The van der Waals surface area contributed by atoms with Crippen molar-refractivity contribution in [2.75, 3.05) is 12.3 Å². The number of nitrogen functional groups attached to an aromatic ring is 1. The molecule has 3 N–H and O–H groups in total. The summed E-state index contributed by atoms with van der Waals surface area (Å²) in [4.78, 5) is 0. The minimum Gasteiger partial charge on any atom is -0.494 e. The summed E-state index contributed by atoms with van der Waals surface area (Å²) < 4.78 is 7.64. The second-order valence-corrected chi connectivity index (χ2v) is 3.94. The van der Waals surface area contributed by atoms with Crippen LogP contribution in [0.1, 0.15) is 12.5 Å². The molecule has 0 radical (unpaired) electrons. The van der Waals surface area contributed by atoms with Gasteiger partial charge in [-0.3, -0.25) is 4.57 Å². The number of nitrogens with two attached hydrogens (primary N) is 1. The number of rotatable bonds is 4. The summed E-state index contributed by atoms with van der Waals surface area (Å²) in [5.74, 6) is 1.25. The van der Waals surface area contributed by atoms with Gasteiger partial charge in [0, 0.05) is 0 Å². The number of anilines is 1. The second kappa shape index (κ2) is 5.01. The molecule has 0 fully saturated rings. The first-order valence-corrected chi connectivity index (χ1v) is 5.74. The summed E-state index contributed by atoms with van der Waals surface area (Å²) in [6, 6.07) is 7.83. The summed E-state index contributed by atoms with van der Waals surface area (Å²) in [6.07, 6.45) is 0. The van der Waals surface area contributed by atoms with Crippen LogP contribution in [0.2, 0.25) is 0 Å². The molecule has 0 saturated carbocycles. The number of aromatic nitrogens is 3. The molecule has 2 rings (SSSR count). The predicted molar refractivity (Wildman–Crippen MR) is 68.5 cm³/mol. The molecule has 1 aromatic carbocycles. The van der Waals surface area contributed by atoms with E-state index in [9.17, 15) is 0 Å². The van der Waals surface area contributed by atoms with Crippen LogP contribution in [-0.4, -0.2) is 21.4 Å². The molecule has 5 nitrogen and oxygen atoms in total. The van der Waals surface area contributed by atoms with E-state index in [1.54, 1.807) is 4.57 Å². The van der Waals surface area contributed by atoms with E-state index < -0.39 is 0 Å². The highest BCUT2D eigenvalue weighted by Crippen LogP contribution is 2.14. The van der Waals surface area contributed by atoms with E-state index in [-0.39, 0.29) is 0 Å². The van der Waals surface area contributed by atoms with E-state index in [1.807, 2.05) is 31.2 Å². The van der Waals surface area contributed by atoms with Gasteiger partial charge in [-0.1, -0.05) is 12.1 Å². The number of ether oxygens (including phenoxy) is 1. The number of benzene rings is 1. The van der Waals surface area contributed by atoms with Crippen LogP contribution in [-0.2, 0) is 6.54 Å². The zero-order valence-electron chi connectivity index (χ0n) is 9.51. The van der Waals surface area contributed by atoms with E-state index >= 15 is 0 Å². The molecule has 0 aliphatic carbocycles. The SMILES string of the molecule is CCOc1ccc(Cn2c(N)n[nH]c2=S)cc1. The molecular weight excluding hydrogens is 236 g/mol. The lowest BCUT2D eigenvalue weighted by atomic mass is 10.2. The molecule has 0 spiro atoms. The maximum atomic E-state index is 5.70. The standard InChI is InChI=1S/C11H14N4OS/c1-2-16-9-5-3-8(4-6-9)7-15-10(12)13-14-11(15)17/h3-6H,2,7H2,1H3,(H2,12,13)(H,14,17). The molecule has 2 aromatic rings. The summed E-state index contributed by atoms with van der Waals surface area (Å²) >= 11 is 5.08. The van der Waals surface area contributed by atoms with E-state index in [0.717, 1.165) is 11.3 Å². The molecule has 6 heteroatoms. The van der Waals surface area contributed by atoms with Gasteiger partial charge in [-0.15, -0.1) is 5.10 Å². The summed E-state index contributed by atoms with van der Waals surface area (Å²) in [6.45, 7) is 3.23. The minimum atomic E-state index is 0.392. The maximum absolute atomic E-state index is 5.70. The Morgan fingerprint density at radius 3 is 2.65 bits per heavy atom. The summed E-state index contributed by atoms with van der Waals surface area (Å²) in [5, 5.41) is 6.51. The average molecular weight is 250 g/mol. The number of hydrogen-bond donors (Lipinski definition) is 2. The summed E-state index contributed by atoms with van der Waals surface area (Å²) in [5.41, 5.74) is 6.79. The van der Waals surface area contributed by atoms with E-state index in [2.05, 4.69) is 10.2 Å². The maximum Gasteiger partial charge on any atom is 0.220 e. The molecule has 0 amide bonds. The molecule has 0 aliphatic rings. The number of aromatic amines is 1. The van der Waals surface area contributed by atoms with Crippen molar-refractivity contribution in [3.05, 3.63) is 34.6 Å². The van der Waals surface area contributed by atoms with Crippen molar-refractivity contribution in [1.29, 1.82) is 0 Å². The fraction of sp³-hybridized carbons (Fsp3) is 0.273. The van der Waals surface area contributed by atoms with Crippen LogP contribution >= 0.6 is 12.2 Å². The van der Waals surface area contributed by atoms with Crippen LogP contribution in [0.25, 0.3) is 0 Å². The first-order valence-electron chi connectivity index (χ1n) is 5.33. The smallest absolute Gasteiger partial charge is 0.220 e. The monoisotopic (exact) mass is 250 g/mol. The number of hydrogen-bond acceptors (Lipinski definition) is 4. The molecular formula is C11H14N4OS. The van der Waals surface area contributed by atoms with Gasteiger partial charge in [-0.2, -0.15) is 0 Å². The van der Waals surface area contributed by atoms with Gasteiger partial charge in [0.2, 0.25) is 5.95 Å². The van der Waals surface area contributed by atoms with Crippen molar-refractivity contribution in [2.45, 2.75) is 13.5 Å². The Morgan fingerprint density at radius 1 is 1.41 bits per heavy atom. The lowest BCUT2D eigenvalue weighted by molar-refractivity contribution is 0.340. The van der Waals surface area contributed by atoms with Crippen molar-refractivity contribution in [1.82, 2.24) is 14.8 Å². The van der Waals surface area contributed by atoms with Crippen LogP contribution in [0.4, 0.5) is 5.95 Å². The van der Waals surface area contributed by atoms with Gasteiger partial charge >= 0.3 is 0 Å². The molecule has 0 unspecified atom stereocenters. The van der Waals surface area contributed by atoms with Gasteiger partial charge < -0.3 is 10.5 Å². The second-order valence-electron chi connectivity index (χ2n) is 3.55. The topological polar surface area (TPSA) is 68.9 Å². The van der Waals surface area contributed by atoms with Crippen molar-refractivity contribution < 1.29 is 4.74 Å². The average Bonchev–Trinajstić information content (AvgIpc) is 2.64. The highest BCUT2D eigenvalue weighted by molar-refractivity contribution is 7.71. The third-order valence-corrected chi connectivity index (χ3v) is 2.67. The Bertz CT molecular complexity index is 543. The molecule has 0 saturated heterocycles. The fourth-order valence-electron chi connectivity index (χ4n) is 1.52. The molecule has 17 heavy (non-hydrogen) atoms. The number of H-pyrrole nitrogens is 1. The van der Waals surface area contributed by atoms with Gasteiger partial charge in [0.15, 0.2) is 4.77 Å². The van der Waals surface area contributed by atoms with Crippen molar-refractivity contribution in [3.8, 4) is 5.75 Å². The fourth-order valence-corrected chi connectivity index (χ4v) is 1.73. The largest absolute Gasteiger partial charge is 0.494 e. The first kappa shape index (κ1) is 11.7. The first-order chi connectivity index (χ1) is 8.20. The van der Waals surface area contributed by atoms with Crippen molar-refractivity contribution in [3.63, 3.8) is 0 Å². The molecule has 90 valence electrons. The zero-order valence-corrected chi connectivity index (χ0v) is 10.3. The van der Waals surface area contributed by atoms with Gasteiger partial charge in [-0.05, 0) is 36.8 Å².